The molecule has 1 N–H and O–H groups in total. The number of amides is 2. The lowest BCUT2D eigenvalue weighted by molar-refractivity contribution is -0.144. The van der Waals surface area contributed by atoms with Crippen LogP contribution in [0.2, 0.25) is 0 Å². The Kier molecular flexibility index (Phi) is 5.50. The van der Waals surface area contributed by atoms with E-state index in [4.69, 9.17) is 0 Å². The molecule has 1 heterocycles. The molecule has 1 rings (SSSR count). The summed E-state index contributed by atoms with van der Waals surface area (Å²) in [6.45, 7) is 1.41. The maximum Gasteiger partial charge on any atom is 0.328 e. The van der Waals surface area contributed by atoms with Crippen molar-refractivity contribution in [3.63, 3.8) is 0 Å². The maximum absolute atomic E-state index is 11.9. The number of carbonyl (C=O) groups excluding carboxylic acids is 3. The van der Waals surface area contributed by atoms with Gasteiger partial charge >= 0.3 is 5.97 Å². The molecule has 0 aliphatic rings. The summed E-state index contributed by atoms with van der Waals surface area (Å²) in [5.41, 5.74) is 0. The minimum Gasteiger partial charge on any atom is -0.467 e. The van der Waals surface area contributed by atoms with Gasteiger partial charge in [0.15, 0.2) is 0 Å². The van der Waals surface area contributed by atoms with Crippen LogP contribution in [0.15, 0.2) is 17.5 Å². The molecule has 0 spiro atoms. The SMILES string of the molecule is COC(=O)[C@H](C)NC(=O)CN(C)C(=O)c1cccs1. The predicted molar refractivity (Wildman–Crippen MR) is 70.9 cm³/mol. The average Bonchev–Trinajstić information content (AvgIpc) is 2.90. The van der Waals surface area contributed by atoms with Crippen molar-refractivity contribution in [1.29, 1.82) is 0 Å². The Labute approximate surface area is 115 Å². The van der Waals surface area contributed by atoms with Crippen molar-refractivity contribution in [1.82, 2.24) is 10.2 Å². The highest BCUT2D eigenvalue weighted by molar-refractivity contribution is 7.12. The third-order valence-electron chi connectivity index (χ3n) is 2.39. The van der Waals surface area contributed by atoms with Crippen LogP contribution in [0, 0.1) is 0 Å². The van der Waals surface area contributed by atoms with Crippen LogP contribution < -0.4 is 5.32 Å². The van der Waals surface area contributed by atoms with E-state index in [2.05, 4.69) is 10.1 Å². The van der Waals surface area contributed by atoms with Gasteiger partial charge in [0.2, 0.25) is 5.91 Å². The lowest BCUT2D eigenvalue weighted by atomic mass is 10.3. The second-order valence-corrected chi connectivity index (χ2v) is 4.90. The largest absolute Gasteiger partial charge is 0.467 e. The molecule has 0 unspecified atom stereocenters. The van der Waals surface area contributed by atoms with Gasteiger partial charge in [-0.2, -0.15) is 0 Å². The molecule has 0 aromatic carbocycles. The van der Waals surface area contributed by atoms with E-state index in [-0.39, 0.29) is 12.5 Å². The van der Waals surface area contributed by atoms with Gasteiger partial charge in [0, 0.05) is 7.05 Å². The molecule has 0 aliphatic heterocycles. The van der Waals surface area contributed by atoms with Crippen molar-refractivity contribution in [3.8, 4) is 0 Å². The minimum atomic E-state index is -0.734. The van der Waals surface area contributed by atoms with Crippen molar-refractivity contribution in [2.75, 3.05) is 20.7 Å². The standard InChI is InChI=1S/C12H16N2O4S/c1-8(12(17)18-3)13-10(15)7-14(2)11(16)9-5-4-6-19-9/h4-6,8H,7H2,1-3H3,(H,13,15)/t8-/m0/s1. The smallest absolute Gasteiger partial charge is 0.328 e. The zero-order valence-corrected chi connectivity index (χ0v) is 11.8. The zero-order valence-electron chi connectivity index (χ0n) is 11.0. The number of hydrogen-bond acceptors (Lipinski definition) is 5. The molecule has 2 amide bonds. The molecule has 6 nitrogen and oxygen atoms in total. The summed E-state index contributed by atoms with van der Waals surface area (Å²) in [6, 6.07) is 2.73. The van der Waals surface area contributed by atoms with Crippen molar-refractivity contribution in [2.24, 2.45) is 0 Å². The van der Waals surface area contributed by atoms with Gasteiger partial charge in [0.05, 0.1) is 18.5 Å². The van der Waals surface area contributed by atoms with E-state index in [0.29, 0.717) is 4.88 Å². The fourth-order valence-electron chi connectivity index (χ4n) is 1.40. The van der Waals surface area contributed by atoms with E-state index in [1.807, 2.05) is 0 Å². The minimum absolute atomic E-state index is 0.113. The Hall–Kier alpha value is -1.89. The Balaban J connectivity index is 2.48. The molecule has 0 aliphatic carbocycles. The highest BCUT2D eigenvalue weighted by atomic mass is 32.1. The lowest BCUT2D eigenvalue weighted by Gasteiger charge is -2.17. The molecule has 104 valence electrons. The Morgan fingerprint density at radius 2 is 2.16 bits per heavy atom. The third-order valence-corrected chi connectivity index (χ3v) is 3.25. The molecule has 7 heteroatoms. The van der Waals surface area contributed by atoms with Gasteiger partial charge in [0.1, 0.15) is 6.04 Å². The summed E-state index contributed by atoms with van der Waals surface area (Å²) in [5.74, 6) is -1.17. The summed E-state index contributed by atoms with van der Waals surface area (Å²) in [4.78, 5) is 36.5. The summed E-state index contributed by atoms with van der Waals surface area (Å²) < 4.78 is 4.49. The number of rotatable bonds is 5. The van der Waals surface area contributed by atoms with Crippen LogP contribution in [0.1, 0.15) is 16.6 Å². The van der Waals surface area contributed by atoms with E-state index in [0.717, 1.165) is 0 Å². The van der Waals surface area contributed by atoms with Crippen molar-refractivity contribution in [3.05, 3.63) is 22.4 Å². The Morgan fingerprint density at radius 3 is 2.68 bits per heavy atom. The monoisotopic (exact) mass is 284 g/mol. The van der Waals surface area contributed by atoms with Gasteiger partial charge in [-0.1, -0.05) is 6.07 Å². The zero-order chi connectivity index (χ0) is 14.4. The summed E-state index contributed by atoms with van der Waals surface area (Å²) in [5, 5.41) is 4.25. The third kappa shape index (κ3) is 4.36. The highest BCUT2D eigenvalue weighted by Gasteiger charge is 2.19. The highest BCUT2D eigenvalue weighted by Crippen LogP contribution is 2.10. The van der Waals surface area contributed by atoms with Crippen LogP contribution in [0.4, 0.5) is 0 Å². The van der Waals surface area contributed by atoms with Crippen LogP contribution in [-0.2, 0) is 14.3 Å². The number of hydrogen-bond donors (Lipinski definition) is 1. The van der Waals surface area contributed by atoms with Crippen molar-refractivity contribution < 1.29 is 19.1 Å². The van der Waals surface area contributed by atoms with Crippen LogP contribution in [0.25, 0.3) is 0 Å². The first-order chi connectivity index (χ1) is 8.95. The van der Waals surface area contributed by atoms with E-state index < -0.39 is 17.9 Å². The molecular weight excluding hydrogens is 268 g/mol. The second kappa shape index (κ2) is 6.89. The number of nitrogens with one attached hydrogen (secondary N) is 1. The molecule has 0 radical (unpaired) electrons. The Morgan fingerprint density at radius 1 is 1.47 bits per heavy atom. The first-order valence-electron chi connectivity index (χ1n) is 5.62. The van der Waals surface area contributed by atoms with Gasteiger partial charge < -0.3 is 15.0 Å². The van der Waals surface area contributed by atoms with Gasteiger partial charge in [-0.3, -0.25) is 9.59 Å². The number of ether oxygens (including phenoxy) is 1. The van der Waals surface area contributed by atoms with Crippen LogP contribution in [-0.4, -0.2) is 49.4 Å². The summed E-state index contributed by atoms with van der Waals surface area (Å²) in [7, 11) is 2.78. The summed E-state index contributed by atoms with van der Waals surface area (Å²) in [6.07, 6.45) is 0. The number of thiophene rings is 1. The molecule has 19 heavy (non-hydrogen) atoms. The normalized spacial score (nSPS) is 11.5. The van der Waals surface area contributed by atoms with Gasteiger partial charge in [0.25, 0.3) is 5.91 Å². The molecule has 1 aromatic rings. The molecule has 0 saturated heterocycles. The van der Waals surface area contributed by atoms with E-state index in [1.54, 1.807) is 17.5 Å². The molecule has 1 atom stereocenters. The van der Waals surface area contributed by atoms with Crippen LogP contribution in [0.5, 0.6) is 0 Å². The van der Waals surface area contributed by atoms with Crippen LogP contribution >= 0.6 is 11.3 Å². The molecule has 0 saturated carbocycles. The van der Waals surface area contributed by atoms with E-state index >= 15 is 0 Å². The topological polar surface area (TPSA) is 75.7 Å². The molecule has 0 fully saturated rings. The first-order valence-corrected chi connectivity index (χ1v) is 6.49. The maximum atomic E-state index is 11.9. The molecule has 0 bridgehead atoms. The number of likely N-dealkylation sites (N-methyl/N-ethyl adjacent to an activating group) is 1. The van der Waals surface area contributed by atoms with Gasteiger partial charge in [-0.25, -0.2) is 4.79 Å². The van der Waals surface area contributed by atoms with E-state index in [1.165, 1.54) is 37.3 Å². The van der Waals surface area contributed by atoms with Crippen LogP contribution in [0.3, 0.4) is 0 Å². The average molecular weight is 284 g/mol. The van der Waals surface area contributed by atoms with Gasteiger partial charge in [-0.05, 0) is 18.4 Å². The fraction of sp³-hybridized carbons (Fsp3) is 0.417. The number of nitrogens with zero attached hydrogens (tertiary/aromatic N) is 1. The second-order valence-electron chi connectivity index (χ2n) is 3.95. The molecular formula is C12H16N2O4S. The number of carbonyl (C=O) groups is 3. The number of esters is 1. The molecule has 1 aromatic heterocycles. The van der Waals surface area contributed by atoms with E-state index in [9.17, 15) is 14.4 Å². The predicted octanol–water partition coefficient (Wildman–Crippen LogP) is 0.498. The van der Waals surface area contributed by atoms with Crippen molar-refractivity contribution >= 4 is 29.1 Å². The number of methoxy groups -OCH3 is 1. The van der Waals surface area contributed by atoms with Gasteiger partial charge in [-0.15, -0.1) is 11.3 Å². The Bertz CT molecular complexity index is 458. The lowest BCUT2D eigenvalue weighted by Crippen LogP contribution is -2.44. The fourth-order valence-corrected chi connectivity index (χ4v) is 2.12. The quantitative estimate of drug-likeness (QED) is 0.799. The first kappa shape index (κ1) is 15.2. The summed E-state index contributed by atoms with van der Waals surface area (Å²) >= 11 is 1.31. The van der Waals surface area contributed by atoms with Crippen molar-refractivity contribution in [2.45, 2.75) is 13.0 Å².